The molecular formula is C11H10FN3O3. The van der Waals surface area contributed by atoms with Crippen LogP contribution in [0, 0.1) is 11.7 Å². The SMILES string of the molecule is O=C(CC1C(=O)NNC1=O)Nc1cccc(F)c1. The minimum Gasteiger partial charge on any atom is -0.326 e. The molecule has 6 nitrogen and oxygen atoms in total. The molecule has 1 aromatic carbocycles. The Morgan fingerprint density at radius 2 is 1.94 bits per heavy atom. The summed E-state index contributed by atoms with van der Waals surface area (Å²) in [6.45, 7) is 0. The summed E-state index contributed by atoms with van der Waals surface area (Å²) >= 11 is 0. The highest BCUT2D eigenvalue weighted by Gasteiger charge is 2.34. The maximum absolute atomic E-state index is 12.9. The number of benzene rings is 1. The van der Waals surface area contributed by atoms with Gasteiger partial charge in [0.15, 0.2) is 0 Å². The lowest BCUT2D eigenvalue weighted by molar-refractivity contribution is -0.131. The standard InChI is InChI=1S/C11H10FN3O3/c12-6-2-1-3-7(4-6)13-9(16)5-8-10(17)14-15-11(8)18/h1-4,8H,5H2,(H,13,16)(H,14,17)(H,15,18). The molecular weight excluding hydrogens is 241 g/mol. The molecule has 0 saturated carbocycles. The number of hydrazine groups is 1. The second kappa shape index (κ2) is 4.82. The van der Waals surface area contributed by atoms with Crippen LogP contribution in [-0.4, -0.2) is 17.7 Å². The van der Waals surface area contributed by atoms with E-state index in [0.29, 0.717) is 0 Å². The van der Waals surface area contributed by atoms with Crippen molar-refractivity contribution >= 4 is 23.4 Å². The molecule has 7 heteroatoms. The highest BCUT2D eigenvalue weighted by atomic mass is 19.1. The number of hydrogen-bond acceptors (Lipinski definition) is 3. The molecule has 1 saturated heterocycles. The quantitative estimate of drug-likeness (QED) is 0.657. The van der Waals surface area contributed by atoms with Crippen LogP contribution in [0.5, 0.6) is 0 Å². The van der Waals surface area contributed by atoms with Crippen molar-refractivity contribution in [3.63, 3.8) is 0 Å². The molecule has 0 spiro atoms. The summed E-state index contributed by atoms with van der Waals surface area (Å²) in [6.07, 6.45) is -0.284. The van der Waals surface area contributed by atoms with E-state index >= 15 is 0 Å². The number of halogens is 1. The fourth-order valence-corrected chi connectivity index (χ4v) is 1.57. The van der Waals surface area contributed by atoms with Gasteiger partial charge in [-0.1, -0.05) is 6.07 Å². The van der Waals surface area contributed by atoms with Crippen molar-refractivity contribution in [2.75, 3.05) is 5.32 Å². The Morgan fingerprint density at radius 3 is 2.56 bits per heavy atom. The molecule has 1 aliphatic rings. The molecule has 1 heterocycles. The molecule has 18 heavy (non-hydrogen) atoms. The third kappa shape index (κ3) is 2.62. The van der Waals surface area contributed by atoms with Crippen LogP contribution in [0.15, 0.2) is 24.3 Å². The number of nitrogens with one attached hydrogen (secondary N) is 3. The van der Waals surface area contributed by atoms with E-state index in [9.17, 15) is 18.8 Å². The lowest BCUT2D eigenvalue weighted by Crippen LogP contribution is -2.28. The minimum atomic E-state index is -1.04. The summed E-state index contributed by atoms with van der Waals surface area (Å²) in [7, 11) is 0. The van der Waals surface area contributed by atoms with Gasteiger partial charge in [-0.25, -0.2) is 4.39 Å². The number of hydrogen-bond donors (Lipinski definition) is 3. The number of carbonyl (C=O) groups excluding carboxylic acids is 3. The van der Waals surface area contributed by atoms with Crippen LogP contribution < -0.4 is 16.2 Å². The second-order valence-electron chi connectivity index (χ2n) is 3.79. The molecule has 2 rings (SSSR count). The van der Waals surface area contributed by atoms with Gasteiger partial charge < -0.3 is 5.32 Å². The zero-order valence-corrected chi connectivity index (χ0v) is 9.20. The number of amides is 3. The van der Waals surface area contributed by atoms with Crippen LogP contribution in [0.1, 0.15) is 6.42 Å². The van der Waals surface area contributed by atoms with E-state index in [1.54, 1.807) is 0 Å². The van der Waals surface area contributed by atoms with Gasteiger partial charge in [-0.2, -0.15) is 0 Å². The molecule has 1 aliphatic heterocycles. The van der Waals surface area contributed by atoms with E-state index in [1.165, 1.54) is 18.2 Å². The molecule has 3 N–H and O–H groups in total. The van der Waals surface area contributed by atoms with Crippen LogP contribution in [-0.2, 0) is 14.4 Å². The molecule has 0 bridgehead atoms. The van der Waals surface area contributed by atoms with Gasteiger partial charge in [-0.3, -0.25) is 25.2 Å². The van der Waals surface area contributed by atoms with E-state index in [0.717, 1.165) is 6.07 Å². The van der Waals surface area contributed by atoms with Gasteiger partial charge in [-0.05, 0) is 18.2 Å². The van der Waals surface area contributed by atoms with Crippen molar-refractivity contribution < 1.29 is 18.8 Å². The fourth-order valence-electron chi connectivity index (χ4n) is 1.57. The first-order valence-corrected chi connectivity index (χ1v) is 5.21. The average molecular weight is 251 g/mol. The molecule has 3 amide bonds. The predicted octanol–water partition coefficient (Wildman–Crippen LogP) is -0.0685. The lowest BCUT2D eigenvalue weighted by Gasteiger charge is -2.06. The second-order valence-corrected chi connectivity index (χ2v) is 3.79. The zero-order chi connectivity index (χ0) is 13.1. The molecule has 0 atom stereocenters. The highest BCUT2D eigenvalue weighted by Crippen LogP contribution is 2.12. The molecule has 1 fully saturated rings. The van der Waals surface area contributed by atoms with E-state index < -0.39 is 29.5 Å². The summed E-state index contributed by atoms with van der Waals surface area (Å²) in [5.74, 6) is -3.15. The Morgan fingerprint density at radius 1 is 1.28 bits per heavy atom. The molecule has 94 valence electrons. The monoisotopic (exact) mass is 251 g/mol. The Balaban J connectivity index is 1.97. The van der Waals surface area contributed by atoms with Crippen molar-refractivity contribution in [1.82, 2.24) is 10.9 Å². The van der Waals surface area contributed by atoms with E-state index in [1.807, 2.05) is 0 Å². The molecule has 0 unspecified atom stereocenters. The third-order valence-electron chi connectivity index (χ3n) is 2.44. The van der Waals surface area contributed by atoms with Crippen LogP contribution >= 0.6 is 0 Å². The Kier molecular flexibility index (Phi) is 3.22. The molecule has 0 radical (unpaired) electrons. The van der Waals surface area contributed by atoms with Gasteiger partial charge in [0.1, 0.15) is 11.7 Å². The van der Waals surface area contributed by atoms with Crippen molar-refractivity contribution in [3.8, 4) is 0 Å². The molecule has 1 aromatic rings. The first-order valence-electron chi connectivity index (χ1n) is 5.21. The van der Waals surface area contributed by atoms with E-state index in [4.69, 9.17) is 0 Å². The van der Waals surface area contributed by atoms with Gasteiger partial charge in [0.25, 0.3) is 11.8 Å². The Labute approximate surface area is 102 Å². The van der Waals surface area contributed by atoms with Crippen molar-refractivity contribution in [2.45, 2.75) is 6.42 Å². The summed E-state index contributed by atoms with van der Waals surface area (Å²) in [5.41, 5.74) is 4.52. The summed E-state index contributed by atoms with van der Waals surface area (Å²) in [6, 6.07) is 5.34. The number of carbonyl (C=O) groups is 3. The van der Waals surface area contributed by atoms with Crippen molar-refractivity contribution in [3.05, 3.63) is 30.1 Å². The first-order chi connectivity index (χ1) is 8.56. The highest BCUT2D eigenvalue weighted by molar-refractivity contribution is 6.08. The van der Waals surface area contributed by atoms with Crippen LogP contribution in [0.25, 0.3) is 0 Å². The molecule has 0 aromatic heterocycles. The van der Waals surface area contributed by atoms with Gasteiger partial charge in [0, 0.05) is 12.1 Å². The Hall–Kier alpha value is -2.44. The predicted molar refractivity (Wildman–Crippen MR) is 59.4 cm³/mol. The topological polar surface area (TPSA) is 87.3 Å². The summed E-state index contributed by atoms with van der Waals surface area (Å²) < 4.78 is 12.9. The zero-order valence-electron chi connectivity index (χ0n) is 9.20. The normalized spacial score (nSPS) is 15.2. The van der Waals surface area contributed by atoms with Crippen LogP contribution in [0.4, 0.5) is 10.1 Å². The van der Waals surface area contributed by atoms with E-state index in [2.05, 4.69) is 16.2 Å². The van der Waals surface area contributed by atoms with E-state index in [-0.39, 0.29) is 12.1 Å². The average Bonchev–Trinajstić information content (AvgIpc) is 2.61. The number of rotatable bonds is 3. The van der Waals surface area contributed by atoms with Crippen LogP contribution in [0.3, 0.4) is 0 Å². The van der Waals surface area contributed by atoms with Crippen molar-refractivity contribution in [2.24, 2.45) is 5.92 Å². The van der Waals surface area contributed by atoms with Gasteiger partial charge in [0.2, 0.25) is 5.91 Å². The Bertz CT molecular complexity index is 502. The number of anilines is 1. The molecule has 0 aliphatic carbocycles. The largest absolute Gasteiger partial charge is 0.326 e. The summed E-state index contributed by atoms with van der Waals surface area (Å²) in [5, 5.41) is 2.41. The fraction of sp³-hybridized carbons (Fsp3) is 0.182. The maximum atomic E-state index is 12.9. The minimum absolute atomic E-state index is 0.277. The first kappa shape index (κ1) is 12.0. The van der Waals surface area contributed by atoms with Gasteiger partial charge in [-0.15, -0.1) is 0 Å². The van der Waals surface area contributed by atoms with Gasteiger partial charge in [0.05, 0.1) is 0 Å². The lowest BCUT2D eigenvalue weighted by atomic mass is 10.1. The van der Waals surface area contributed by atoms with Crippen molar-refractivity contribution in [1.29, 1.82) is 0 Å². The maximum Gasteiger partial charge on any atom is 0.251 e. The summed E-state index contributed by atoms with van der Waals surface area (Å²) in [4.78, 5) is 34.0. The third-order valence-corrected chi connectivity index (χ3v) is 2.44. The van der Waals surface area contributed by atoms with Crippen LogP contribution in [0.2, 0.25) is 0 Å². The smallest absolute Gasteiger partial charge is 0.251 e. The van der Waals surface area contributed by atoms with Gasteiger partial charge >= 0.3 is 0 Å².